The van der Waals surface area contributed by atoms with Gasteiger partial charge in [0.15, 0.2) is 5.78 Å². The summed E-state index contributed by atoms with van der Waals surface area (Å²) >= 11 is 0. The van der Waals surface area contributed by atoms with Crippen LogP contribution in [0.5, 0.6) is 5.75 Å². The summed E-state index contributed by atoms with van der Waals surface area (Å²) in [5.41, 5.74) is 1.37. The molecule has 2 aromatic rings. The number of aromatic nitrogens is 1. The second-order valence-corrected chi connectivity index (χ2v) is 8.59. The van der Waals surface area contributed by atoms with Crippen molar-refractivity contribution in [3.63, 3.8) is 0 Å². The largest absolute Gasteiger partial charge is 0.573 e. The Kier molecular flexibility index (Phi) is 7.09. The lowest BCUT2D eigenvalue weighted by atomic mass is 10.0. The average Bonchev–Trinajstić information content (AvgIpc) is 3.21. The molecule has 33 heavy (non-hydrogen) atoms. The van der Waals surface area contributed by atoms with E-state index in [9.17, 15) is 22.8 Å². The Morgan fingerprint density at radius 2 is 1.82 bits per heavy atom. The van der Waals surface area contributed by atoms with Gasteiger partial charge in [-0.25, -0.2) is 4.79 Å². The fraction of sp³-hybridized carbons (Fsp3) is 0.375. The predicted octanol–water partition coefficient (Wildman–Crippen LogP) is 5.32. The minimum Gasteiger partial charge on any atom is -0.444 e. The molecule has 0 saturated heterocycles. The summed E-state index contributed by atoms with van der Waals surface area (Å²) in [6.07, 6.45) is 0.400. The number of benzene rings is 1. The zero-order valence-corrected chi connectivity index (χ0v) is 18.6. The molecule has 1 aromatic carbocycles. The van der Waals surface area contributed by atoms with Crippen molar-refractivity contribution >= 4 is 11.9 Å². The molecule has 0 saturated carbocycles. The van der Waals surface area contributed by atoms with Crippen molar-refractivity contribution in [2.24, 2.45) is 0 Å². The van der Waals surface area contributed by atoms with Crippen LogP contribution in [-0.4, -0.2) is 46.3 Å². The molecule has 6 nitrogen and oxygen atoms in total. The molecule has 0 bridgehead atoms. The van der Waals surface area contributed by atoms with Crippen LogP contribution >= 0.6 is 0 Å². The maximum absolute atomic E-state index is 12.8. The number of nitrogens with zero attached hydrogens (tertiary/aromatic N) is 2. The smallest absolute Gasteiger partial charge is 0.444 e. The van der Waals surface area contributed by atoms with Gasteiger partial charge in [-0.05, 0) is 69.2 Å². The topological polar surface area (TPSA) is 68.7 Å². The lowest BCUT2D eigenvalue weighted by Gasteiger charge is -2.28. The summed E-state index contributed by atoms with van der Waals surface area (Å²) < 4.78 is 46.2. The van der Waals surface area contributed by atoms with E-state index in [4.69, 9.17) is 4.74 Å². The summed E-state index contributed by atoms with van der Waals surface area (Å²) in [6, 6.07) is 8.30. The molecule has 1 atom stereocenters. The molecule has 1 aliphatic rings. The third-order valence-corrected chi connectivity index (χ3v) is 4.78. The van der Waals surface area contributed by atoms with Crippen molar-refractivity contribution in [3.05, 3.63) is 60.3 Å². The molecular weight excluding hydrogens is 437 g/mol. The zero-order valence-electron chi connectivity index (χ0n) is 18.6. The quantitative estimate of drug-likeness (QED) is 0.543. The highest BCUT2D eigenvalue weighted by molar-refractivity contribution is 5.90. The van der Waals surface area contributed by atoms with E-state index in [1.54, 1.807) is 51.3 Å². The highest BCUT2D eigenvalue weighted by atomic mass is 19.4. The van der Waals surface area contributed by atoms with Gasteiger partial charge in [0, 0.05) is 24.7 Å². The van der Waals surface area contributed by atoms with Crippen LogP contribution in [0.4, 0.5) is 18.0 Å². The zero-order chi connectivity index (χ0) is 24.2. The fourth-order valence-electron chi connectivity index (χ4n) is 3.34. The van der Waals surface area contributed by atoms with E-state index in [1.165, 1.54) is 29.2 Å². The number of carbonyl (C=O) groups excluding carboxylic acids is 2. The van der Waals surface area contributed by atoms with Gasteiger partial charge in [-0.1, -0.05) is 12.2 Å². The Bertz CT molecular complexity index is 1030. The van der Waals surface area contributed by atoms with Crippen molar-refractivity contribution < 1.29 is 32.2 Å². The minimum absolute atomic E-state index is 0.110. The van der Waals surface area contributed by atoms with Gasteiger partial charge < -0.3 is 9.47 Å². The first-order chi connectivity index (χ1) is 15.4. The van der Waals surface area contributed by atoms with Gasteiger partial charge in [0.1, 0.15) is 17.4 Å². The highest BCUT2D eigenvalue weighted by Crippen LogP contribution is 2.26. The third kappa shape index (κ3) is 7.06. The van der Waals surface area contributed by atoms with E-state index in [1.807, 2.05) is 0 Å². The molecule has 0 fully saturated rings. The summed E-state index contributed by atoms with van der Waals surface area (Å²) in [4.78, 5) is 30.8. The van der Waals surface area contributed by atoms with Crippen LogP contribution in [0.3, 0.4) is 0 Å². The summed E-state index contributed by atoms with van der Waals surface area (Å²) in [5, 5.41) is 0. The van der Waals surface area contributed by atoms with Gasteiger partial charge in [-0.15, -0.1) is 13.2 Å². The van der Waals surface area contributed by atoms with Gasteiger partial charge in [-0.3, -0.25) is 14.7 Å². The number of Topliss-reactive ketones (excluding diaryl/α,β-unsaturated/α-hetero) is 1. The predicted molar refractivity (Wildman–Crippen MR) is 116 cm³/mol. The van der Waals surface area contributed by atoms with Crippen LogP contribution in [0.15, 0.2) is 54.7 Å². The normalized spacial score (nSPS) is 16.1. The molecule has 1 aromatic heterocycles. The number of hydrogen-bond acceptors (Lipinski definition) is 5. The number of hydrogen-bond donors (Lipinski definition) is 0. The molecular formula is C24H25F3N2O4. The van der Waals surface area contributed by atoms with Gasteiger partial charge in [0.2, 0.25) is 0 Å². The van der Waals surface area contributed by atoms with Gasteiger partial charge in [0.05, 0.1) is 5.69 Å². The first kappa shape index (κ1) is 24.3. The van der Waals surface area contributed by atoms with Crippen LogP contribution in [-0.2, 0) is 16.0 Å². The number of ketones is 1. The van der Waals surface area contributed by atoms with E-state index < -0.39 is 24.1 Å². The Labute approximate surface area is 190 Å². The molecule has 0 spiro atoms. The molecule has 0 aliphatic carbocycles. The molecule has 9 heteroatoms. The van der Waals surface area contributed by atoms with Crippen molar-refractivity contribution in [2.75, 3.05) is 6.54 Å². The average molecular weight is 462 g/mol. The SMILES string of the molecule is CC(C)(C)OC(=O)N1CC=C[C@H]1C(=O)CCc1ccnc(-c2ccc(OC(F)(F)F)cc2)c1. The molecule has 0 N–H and O–H groups in total. The standard InChI is InChI=1S/C24H25F3N2O4/c1-23(2,3)33-22(31)29-14-4-5-20(29)21(30)11-6-16-12-13-28-19(15-16)17-7-9-18(10-8-17)32-24(25,26)27/h4-5,7-10,12-13,15,20H,6,11,14H2,1-3H3/t20-/m0/s1. The van der Waals surface area contributed by atoms with Crippen molar-refractivity contribution in [2.45, 2.75) is 51.6 Å². The van der Waals surface area contributed by atoms with Gasteiger partial charge in [-0.2, -0.15) is 0 Å². The Morgan fingerprint density at radius 3 is 2.45 bits per heavy atom. The van der Waals surface area contributed by atoms with E-state index >= 15 is 0 Å². The minimum atomic E-state index is -4.75. The first-order valence-corrected chi connectivity index (χ1v) is 10.4. The number of aryl methyl sites for hydroxylation is 1. The van der Waals surface area contributed by atoms with E-state index in [0.717, 1.165) is 5.56 Å². The van der Waals surface area contributed by atoms with Crippen LogP contribution < -0.4 is 4.74 Å². The van der Waals surface area contributed by atoms with Crippen molar-refractivity contribution in [1.82, 2.24) is 9.88 Å². The fourth-order valence-corrected chi connectivity index (χ4v) is 3.34. The molecule has 0 radical (unpaired) electrons. The van der Waals surface area contributed by atoms with Crippen LogP contribution in [0.25, 0.3) is 11.3 Å². The molecule has 1 aliphatic heterocycles. The lowest BCUT2D eigenvalue weighted by molar-refractivity contribution is -0.274. The summed E-state index contributed by atoms with van der Waals surface area (Å²) in [6.45, 7) is 5.62. The molecule has 176 valence electrons. The molecule has 1 amide bonds. The second-order valence-electron chi connectivity index (χ2n) is 8.59. The number of rotatable bonds is 6. The number of alkyl halides is 3. The molecule has 2 heterocycles. The third-order valence-electron chi connectivity index (χ3n) is 4.78. The maximum atomic E-state index is 12.8. The molecule has 3 rings (SSSR count). The van der Waals surface area contributed by atoms with E-state index in [-0.39, 0.29) is 18.0 Å². The van der Waals surface area contributed by atoms with Gasteiger partial charge >= 0.3 is 12.5 Å². The molecule has 0 unspecified atom stereocenters. The Balaban J connectivity index is 1.62. The number of halogens is 3. The van der Waals surface area contributed by atoms with Gasteiger partial charge in [0.25, 0.3) is 0 Å². The Hall–Kier alpha value is -3.36. The summed E-state index contributed by atoms with van der Waals surface area (Å²) in [7, 11) is 0. The number of ether oxygens (including phenoxy) is 2. The first-order valence-electron chi connectivity index (χ1n) is 10.4. The maximum Gasteiger partial charge on any atom is 0.573 e. The van der Waals surface area contributed by atoms with Crippen LogP contribution in [0, 0.1) is 0 Å². The van der Waals surface area contributed by atoms with Crippen molar-refractivity contribution in [1.29, 1.82) is 0 Å². The monoisotopic (exact) mass is 462 g/mol. The summed E-state index contributed by atoms with van der Waals surface area (Å²) in [5.74, 6) is -0.422. The lowest BCUT2D eigenvalue weighted by Crippen LogP contribution is -2.43. The Morgan fingerprint density at radius 1 is 1.12 bits per heavy atom. The number of pyridine rings is 1. The number of carbonyl (C=O) groups is 2. The van der Waals surface area contributed by atoms with E-state index in [0.29, 0.717) is 24.2 Å². The van der Waals surface area contributed by atoms with Crippen LogP contribution in [0.1, 0.15) is 32.8 Å². The van der Waals surface area contributed by atoms with Crippen LogP contribution in [0.2, 0.25) is 0 Å². The highest BCUT2D eigenvalue weighted by Gasteiger charge is 2.33. The van der Waals surface area contributed by atoms with Crippen molar-refractivity contribution in [3.8, 4) is 17.0 Å². The van der Waals surface area contributed by atoms with E-state index in [2.05, 4.69) is 9.72 Å². The number of amides is 1. The second kappa shape index (κ2) is 9.64.